The van der Waals surface area contributed by atoms with E-state index in [-0.39, 0.29) is 6.04 Å². The summed E-state index contributed by atoms with van der Waals surface area (Å²) in [5.74, 6) is 5.75. The van der Waals surface area contributed by atoms with E-state index < -0.39 is 0 Å². The largest absolute Gasteiger partial charge is 0.271 e. The Bertz CT molecular complexity index is 754. The van der Waals surface area contributed by atoms with Crippen LogP contribution in [0.3, 0.4) is 0 Å². The Hall–Kier alpha value is -1.27. The number of rotatable bonds is 3. The maximum Gasteiger partial charge on any atom is 0.0814 e. The molecule has 102 valence electrons. The highest BCUT2D eigenvalue weighted by molar-refractivity contribution is 9.10. The first-order valence-corrected chi connectivity index (χ1v) is 7.92. The fraction of sp³-hybridized carbons (Fsp3) is 0.133. The summed E-state index contributed by atoms with van der Waals surface area (Å²) < 4.78 is 1.08. The number of nitrogens with two attached hydrogens (primary N) is 1. The van der Waals surface area contributed by atoms with Gasteiger partial charge in [0.2, 0.25) is 0 Å². The van der Waals surface area contributed by atoms with Crippen molar-refractivity contribution in [3.05, 3.63) is 62.4 Å². The second kappa shape index (κ2) is 5.61. The van der Waals surface area contributed by atoms with Crippen LogP contribution in [0.2, 0.25) is 0 Å². The summed E-state index contributed by atoms with van der Waals surface area (Å²) in [6, 6.07) is 12.4. The normalized spacial score (nSPS) is 12.8. The summed E-state index contributed by atoms with van der Waals surface area (Å²) in [5.41, 5.74) is 6.07. The average Bonchev–Trinajstić information content (AvgIpc) is 2.86. The summed E-state index contributed by atoms with van der Waals surface area (Å²) in [5, 5.41) is 3.18. The molecule has 0 bridgehead atoms. The summed E-state index contributed by atoms with van der Waals surface area (Å²) in [4.78, 5) is 5.70. The molecule has 1 aromatic carbocycles. The van der Waals surface area contributed by atoms with Gasteiger partial charge in [0.1, 0.15) is 0 Å². The number of aryl methyl sites for hydroxylation is 1. The van der Waals surface area contributed by atoms with E-state index in [9.17, 15) is 0 Å². The van der Waals surface area contributed by atoms with Crippen LogP contribution in [0.1, 0.15) is 22.2 Å². The van der Waals surface area contributed by atoms with Crippen LogP contribution >= 0.6 is 27.3 Å². The third-order valence-electron chi connectivity index (χ3n) is 3.26. The molecule has 3 rings (SSSR count). The minimum Gasteiger partial charge on any atom is -0.271 e. The van der Waals surface area contributed by atoms with Gasteiger partial charge in [0.15, 0.2) is 0 Å². The molecule has 0 amide bonds. The van der Waals surface area contributed by atoms with E-state index in [4.69, 9.17) is 5.84 Å². The first-order valence-electron chi connectivity index (χ1n) is 6.25. The molecule has 5 heteroatoms. The molecule has 2 aromatic heterocycles. The molecular weight excluding hydrogens is 334 g/mol. The molecule has 20 heavy (non-hydrogen) atoms. The monoisotopic (exact) mass is 347 g/mol. The van der Waals surface area contributed by atoms with Crippen LogP contribution in [0.15, 0.2) is 46.3 Å². The Kier molecular flexibility index (Phi) is 3.85. The maximum absolute atomic E-state index is 5.75. The number of hydrazine groups is 1. The zero-order valence-corrected chi connectivity index (χ0v) is 13.3. The highest BCUT2D eigenvalue weighted by atomic mass is 79.9. The fourth-order valence-corrected chi connectivity index (χ4v) is 3.95. The lowest BCUT2D eigenvalue weighted by molar-refractivity contribution is 0.645. The van der Waals surface area contributed by atoms with E-state index >= 15 is 0 Å². The Balaban J connectivity index is 2.08. The van der Waals surface area contributed by atoms with Crippen LogP contribution in [0.5, 0.6) is 0 Å². The predicted octanol–water partition coefficient (Wildman–Crippen LogP) is 3.92. The second-order valence-electron chi connectivity index (χ2n) is 4.64. The van der Waals surface area contributed by atoms with E-state index in [2.05, 4.69) is 49.9 Å². The van der Waals surface area contributed by atoms with Crippen molar-refractivity contribution in [2.24, 2.45) is 5.84 Å². The van der Waals surface area contributed by atoms with Gasteiger partial charge in [-0.25, -0.2) is 5.43 Å². The van der Waals surface area contributed by atoms with Crippen LogP contribution < -0.4 is 11.3 Å². The minimum atomic E-state index is -0.0184. The van der Waals surface area contributed by atoms with Gasteiger partial charge in [-0.05, 0) is 58.1 Å². The number of pyridine rings is 1. The highest BCUT2D eigenvalue weighted by Crippen LogP contribution is 2.33. The topological polar surface area (TPSA) is 50.9 Å². The Morgan fingerprint density at radius 1 is 1.25 bits per heavy atom. The molecule has 1 unspecified atom stereocenters. The molecule has 1 atom stereocenters. The zero-order valence-electron chi connectivity index (χ0n) is 10.9. The lowest BCUT2D eigenvalue weighted by atomic mass is 10.0. The van der Waals surface area contributed by atoms with Crippen molar-refractivity contribution >= 4 is 38.2 Å². The lowest BCUT2D eigenvalue weighted by Crippen LogP contribution is -2.28. The average molecular weight is 348 g/mol. The van der Waals surface area contributed by atoms with E-state index in [1.54, 1.807) is 11.3 Å². The molecule has 3 aromatic rings. The summed E-state index contributed by atoms with van der Waals surface area (Å²) >= 11 is 5.25. The van der Waals surface area contributed by atoms with Gasteiger partial charge >= 0.3 is 0 Å². The summed E-state index contributed by atoms with van der Waals surface area (Å²) in [6.45, 7) is 2.00. The molecule has 3 N–H and O–H groups in total. The van der Waals surface area contributed by atoms with E-state index in [1.165, 1.54) is 4.88 Å². The maximum atomic E-state index is 5.75. The molecule has 0 aliphatic heterocycles. The van der Waals surface area contributed by atoms with Gasteiger partial charge < -0.3 is 0 Å². The van der Waals surface area contributed by atoms with Crippen molar-refractivity contribution in [2.75, 3.05) is 0 Å². The van der Waals surface area contributed by atoms with Crippen LogP contribution in [0.4, 0.5) is 0 Å². The number of halogens is 1. The molecule has 3 nitrogen and oxygen atoms in total. The molecule has 0 spiro atoms. The number of fused-ring (bicyclic) bond motifs is 1. The Morgan fingerprint density at radius 3 is 2.80 bits per heavy atom. The lowest BCUT2D eigenvalue weighted by Gasteiger charge is -2.16. The van der Waals surface area contributed by atoms with Crippen molar-refractivity contribution in [1.29, 1.82) is 0 Å². The van der Waals surface area contributed by atoms with Gasteiger partial charge in [-0.2, -0.15) is 0 Å². The second-order valence-corrected chi connectivity index (χ2v) is 6.44. The number of thiophene rings is 1. The fourth-order valence-electron chi connectivity index (χ4n) is 2.26. The predicted molar refractivity (Wildman–Crippen MR) is 87.7 cm³/mol. The number of nitrogens with zero attached hydrogens (tertiary/aromatic N) is 1. The number of nitrogens with one attached hydrogen (secondary N) is 1. The van der Waals surface area contributed by atoms with Crippen LogP contribution in [-0.2, 0) is 0 Å². The third kappa shape index (κ3) is 2.50. The summed E-state index contributed by atoms with van der Waals surface area (Å²) in [7, 11) is 0. The molecule has 0 radical (unpaired) electrons. The molecule has 0 saturated carbocycles. The molecule has 0 fully saturated rings. The van der Waals surface area contributed by atoms with Gasteiger partial charge in [0.05, 0.1) is 11.6 Å². The zero-order chi connectivity index (χ0) is 14.1. The number of benzene rings is 1. The highest BCUT2D eigenvalue weighted by Gasteiger charge is 2.17. The van der Waals surface area contributed by atoms with Gasteiger partial charge in [-0.1, -0.05) is 12.1 Å². The van der Waals surface area contributed by atoms with E-state index in [1.807, 2.05) is 25.1 Å². The number of aromatic nitrogens is 1. The first-order chi connectivity index (χ1) is 9.69. The smallest absolute Gasteiger partial charge is 0.0814 e. The van der Waals surface area contributed by atoms with Crippen LogP contribution in [-0.4, -0.2) is 4.98 Å². The van der Waals surface area contributed by atoms with Gasteiger partial charge in [-0.3, -0.25) is 10.8 Å². The van der Waals surface area contributed by atoms with Crippen LogP contribution in [0, 0.1) is 6.92 Å². The van der Waals surface area contributed by atoms with Crippen molar-refractivity contribution in [3.8, 4) is 0 Å². The number of hydrogen-bond acceptors (Lipinski definition) is 4. The standard InChI is InChI=1S/C15H14BrN3S/c1-9-2-3-10-8-11(4-5-13(10)18-9)14(19-17)15-12(16)6-7-20-15/h2-8,14,19H,17H2,1H3. The SMILES string of the molecule is Cc1ccc2cc(C(NN)c3sccc3Br)ccc2n1. The van der Waals surface area contributed by atoms with Crippen molar-refractivity contribution in [3.63, 3.8) is 0 Å². The van der Waals surface area contributed by atoms with Gasteiger partial charge in [-0.15, -0.1) is 11.3 Å². The molecule has 2 heterocycles. The Morgan fingerprint density at radius 2 is 2.10 bits per heavy atom. The van der Waals surface area contributed by atoms with Gasteiger partial charge in [0, 0.05) is 20.4 Å². The molecule has 0 aliphatic carbocycles. The van der Waals surface area contributed by atoms with Crippen molar-refractivity contribution in [1.82, 2.24) is 10.4 Å². The first kappa shape index (κ1) is 13.7. The summed E-state index contributed by atoms with van der Waals surface area (Å²) in [6.07, 6.45) is 0. The number of hydrogen-bond donors (Lipinski definition) is 2. The molecule has 0 aliphatic rings. The van der Waals surface area contributed by atoms with Gasteiger partial charge in [0.25, 0.3) is 0 Å². The van der Waals surface area contributed by atoms with E-state index in [0.717, 1.165) is 26.6 Å². The van der Waals surface area contributed by atoms with Crippen LogP contribution in [0.25, 0.3) is 10.9 Å². The van der Waals surface area contributed by atoms with E-state index in [0.29, 0.717) is 0 Å². The minimum absolute atomic E-state index is 0.0184. The van der Waals surface area contributed by atoms with Crippen molar-refractivity contribution in [2.45, 2.75) is 13.0 Å². The molecule has 0 saturated heterocycles. The molecular formula is C15H14BrN3S. The van der Waals surface area contributed by atoms with Crippen molar-refractivity contribution < 1.29 is 0 Å². The Labute approximate surface area is 129 Å². The quantitative estimate of drug-likeness (QED) is 0.557. The third-order valence-corrected chi connectivity index (χ3v) is 5.20.